The fourth-order valence-electron chi connectivity index (χ4n) is 1.82. The van der Waals surface area contributed by atoms with Crippen LogP contribution in [0.3, 0.4) is 0 Å². The van der Waals surface area contributed by atoms with Gasteiger partial charge in [-0.05, 0) is 43.4 Å². The van der Waals surface area contributed by atoms with E-state index in [1.165, 1.54) is 16.7 Å². The monoisotopic (exact) mass is 239 g/mol. The average Bonchev–Trinajstić information content (AvgIpc) is 2.21. The van der Waals surface area contributed by atoms with E-state index in [2.05, 4.69) is 45.5 Å². The topological polar surface area (TPSA) is 35.0 Å². The smallest absolute Gasteiger partial charge is 0.0666 e. The van der Waals surface area contributed by atoms with Crippen molar-refractivity contribution in [2.75, 3.05) is 0 Å². The summed E-state index contributed by atoms with van der Waals surface area (Å²) in [6, 6.07) is 6.35. The van der Waals surface area contributed by atoms with E-state index in [4.69, 9.17) is 11.6 Å². The first kappa shape index (κ1) is 15.2. The van der Waals surface area contributed by atoms with Gasteiger partial charge in [0, 0.05) is 0 Å². The Labute approximate surface area is 104 Å². The lowest BCUT2D eigenvalue weighted by molar-refractivity contribution is 0.645. The van der Waals surface area contributed by atoms with E-state index in [1.807, 2.05) is 6.08 Å². The van der Waals surface area contributed by atoms with Crippen molar-refractivity contribution in [1.82, 2.24) is 6.15 Å². The molecule has 1 aromatic rings. The average molecular weight is 240 g/mol. The molecule has 0 radical (unpaired) electrons. The molecule has 1 rings (SSSR count). The van der Waals surface area contributed by atoms with Crippen molar-refractivity contribution in [3.05, 3.63) is 47.5 Å². The highest BCUT2D eigenvalue weighted by Crippen LogP contribution is 2.35. The minimum absolute atomic E-state index is 0. The summed E-state index contributed by atoms with van der Waals surface area (Å²) in [6.07, 6.45) is 3.78. The van der Waals surface area contributed by atoms with E-state index in [1.54, 1.807) is 0 Å². The molecule has 1 atom stereocenters. The second-order valence-corrected chi connectivity index (χ2v) is 4.97. The van der Waals surface area contributed by atoms with Crippen molar-refractivity contribution in [1.29, 1.82) is 0 Å². The van der Waals surface area contributed by atoms with Crippen molar-refractivity contribution in [3.8, 4) is 0 Å². The Morgan fingerprint density at radius 1 is 1.44 bits per heavy atom. The molecule has 90 valence electrons. The van der Waals surface area contributed by atoms with E-state index in [-0.39, 0.29) is 11.0 Å². The van der Waals surface area contributed by atoms with Gasteiger partial charge in [-0.1, -0.05) is 31.2 Å². The number of rotatable bonds is 4. The minimum atomic E-state index is -0.249. The van der Waals surface area contributed by atoms with E-state index in [0.717, 1.165) is 12.8 Å². The van der Waals surface area contributed by atoms with Crippen LogP contribution in [0, 0.1) is 6.92 Å². The maximum absolute atomic E-state index is 6.50. The molecular weight excluding hydrogens is 218 g/mol. The molecule has 0 aliphatic rings. The van der Waals surface area contributed by atoms with Crippen LogP contribution in [0.25, 0.3) is 0 Å². The molecule has 0 saturated heterocycles. The molecule has 0 spiro atoms. The molecule has 16 heavy (non-hydrogen) atoms. The molecule has 0 aromatic heterocycles. The van der Waals surface area contributed by atoms with E-state index >= 15 is 0 Å². The summed E-state index contributed by atoms with van der Waals surface area (Å²) in [4.78, 5) is -0.249. The standard InChI is InChI=1S/C14H19Cl.H3N/c1-5-8-12-9-7-10-13(11(12)3)14(4,15)6-2;/h5,7,9-10H,1,6,8H2,2-4H3;1H3. The Kier molecular flexibility index (Phi) is 5.77. The fraction of sp³-hybridized carbons (Fsp3) is 0.429. The number of halogens is 1. The van der Waals surface area contributed by atoms with Crippen molar-refractivity contribution in [2.45, 2.75) is 38.5 Å². The first-order valence-corrected chi connectivity index (χ1v) is 5.79. The first-order chi connectivity index (χ1) is 7.03. The second kappa shape index (κ2) is 6.07. The van der Waals surface area contributed by atoms with Gasteiger partial charge >= 0.3 is 0 Å². The Morgan fingerprint density at radius 3 is 2.56 bits per heavy atom. The molecule has 0 fully saturated rings. The van der Waals surface area contributed by atoms with Crippen LogP contribution < -0.4 is 6.15 Å². The van der Waals surface area contributed by atoms with Gasteiger partial charge in [-0.15, -0.1) is 18.2 Å². The molecule has 3 N–H and O–H groups in total. The number of alkyl halides is 1. The zero-order valence-electron chi connectivity index (χ0n) is 10.5. The predicted molar refractivity (Wildman–Crippen MR) is 73.6 cm³/mol. The summed E-state index contributed by atoms with van der Waals surface area (Å²) in [6.45, 7) is 10.1. The van der Waals surface area contributed by atoms with Gasteiger partial charge in [0.2, 0.25) is 0 Å². The SMILES string of the molecule is C=CCc1cccc(C(C)(Cl)CC)c1C.N. The molecule has 2 heteroatoms. The fourth-order valence-corrected chi connectivity index (χ4v) is 2.02. The van der Waals surface area contributed by atoms with Gasteiger partial charge in [0.25, 0.3) is 0 Å². The highest BCUT2D eigenvalue weighted by atomic mass is 35.5. The molecule has 0 aliphatic carbocycles. The van der Waals surface area contributed by atoms with Crippen LogP contribution in [0.5, 0.6) is 0 Å². The van der Waals surface area contributed by atoms with Gasteiger partial charge in [0.15, 0.2) is 0 Å². The van der Waals surface area contributed by atoms with Crippen LogP contribution in [0.4, 0.5) is 0 Å². The molecule has 1 unspecified atom stereocenters. The van der Waals surface area contributed by atoms with Crippen LogP contribution in [0.1, 0.15) is 37.0 Å². The van der Waals surface area contributed by atoms with Gasteiger partial charge in [-0.3, -0.25) is 0 Å². The van der Waals surface area contributed by atoms with Crippen LogP contribution in [-0.2, 0) is 11.3 Å². The Hall–Kier alpha value is -0.790. The molecule has 0 bridgehead atoms. The number of hydrogen-bond donors (Lipinski definition) is 1. The first-order valence-electron chi connectivity index (χ1n) is 5.41. The highest BCUT2D eigenvalue weighted by Gasteiger charge is 2.23. The summed E-state index contributed by atoms with van der Waals surface area (Å²) >= 11 is 6.50. The largest absolute Gasteiger partial charge is 0.344 e. The van der Waals surface area contributed by atoms with Crippen LogP contribution in [0.2, 0.25) is 0 Å². The lowest BCUT2D eigenvalue weighted by Crippen LogP contribution is -2.14. The second-order valence-electron chi connectivity index (χ2n) is 4.13. The maximum Gasteiger partial charge on any atom is 0.0666 e. The zero-order valence-corrected chi connectivity index (χ0v) is 11.3. The van der Waals surface area contributed by atoms with Crippen LogP contribution in [0.15, 0.2) is 30.9 Å². The van der Waals surface area contributed by atoms with Gasteiger partial charge in [-0.25, -0.2) is 0 Å². The highest BCUT2D eigenvalue weighted by molar-refractivity contribution is 6.23. The lowest BCUT2D eigenvalue weighted by Gasteiger charge is -2.24. The van der Waals surface area contributed by atoms with Crippen LogP contribution >= 0.6 is 11.6 Å². The van der Waals surface area contributed by atoms with Gasteiger partial charge in [-0.2, -0.15) is 0 Å². The molecule has 1 aromatic carbocycles. The molecule has 0 saturated carbocycles. The van der Waals surface area contributed by atoms with Crippen LogP contribution in [-0.4, -0.2) is 0 Å². The Morgan fingerprint density at radius 2 is 2.06 bits per heavy atom. The minimum Gasteiger partial charge on any atom is -0.344 e. The third kappa shape index (κ3) is 3.10. The quantitative estimate of drug-likeness (QED) is 0.597. The molecular formula is C14H22ClN. The van der Waals surface area contributed by atoms with Gasteiger partial charge in [0.05, 0.1) is 4.87 Å². The summed E-state index contributed by atoms with van der Waals surface area (Å²) in [7, 11) is 0. The summed E-state index contributed by atoms with van der Waals surface area (Å²) < 4.78 is 0. The van der Waals surface area contributed by atoms with E-state index in [9.17, 15) is 0 Å². The lowest BCUT2D eigenvalue weighted by atomic mass is 9.90. The number of allylic oxidation sites excluding steroid dienone is 1. The molecule has 0 amide bonds. The van der Waals surface area contributed by atoms with E-state index in [0.29, 0.717) is 0 Å². The van der Waals surface area contributed by atoms with Crippen molar-refractivity contribution in [3.63, 3.8) is 0 Å². The zero-order chi connectivity index (χ0) is 11.5. The maximum atomic E-state index is 6.50. The molecule has 0 aliphatic heterocycles. The van der Waals surface area contributed by atoms with Crippen molar-refractivity contribution >= 4 is 11.6 Å². The number of benzene rings is 1. The van der Waals surface area contributed by atoms with Crippen molar-refractivity contribution in [2.24, 2.45) is 0 Å². The normalized spacial score (nSPS) is 13.8. The van der Waals surface area contributed by atoms with Gasteiger partial charge in [0.1, 0.15) is 0 Å². The Balaban J connectivity index is 0.00000225. The summed E-state index contributed by atoms with van der Waals surface area (Å²) in [5.74, 6) is 0. The Bertz CT molecular complexity index is 356. The molecule has 0 heterocycles. The molecule has 1 nitrogen and oxygen atoms in total. The number of hydrogen-bond acceptors (Lipinski definition) is 1. The van der Waals surface area contributed by atoms with E-state index < -0.39 is 0 Å². The predicted octanol–water partition coefficient (Wildman–Crippen LogP) is 4.75. The van der Waals surface area contributed by atoms with Crippen molar-refractivity contribution < 1.29 is 0 Å². The summed E-state index contributed by atoms with van der Waals surface area (Å²) in [5, 5.41) is 0. The summed E-state index contributed by atoms with van der Waals surface area (Å²) in [5.41, 5.74) is 3.87. The third-order valence-corrected chi connectivity index (χ3v) is 3.51. The third-order valence-electron chi connectivity index (χ3n) is 3.04. The van der Waals surface area contributed by atoms with Gasteiger partial charge < -0.3 is 6.15 Å².